The minimum atomic E-state index is -1.10. The molecular weight excluding hydrogens is 410 g/mol. The molecule has 1 aliphatic rings. The number of nitrogens with zero attached hydrogens (tertiary/aromatic N) is 1. The third kappa shape index (κ3) is 3.60. The van der Waals surface area contributed by atoms with E-state index in [1.54, 1.807) is 54.6 Å². The maximum absolute atomic E-state index is 13.1. The molecule has 7 nitrogen and oxygen atoms in total. The zero-order valence-electron chi connectivity index (χ0n) is 17.1. The number of aromatic carboxylic acids is 1. The average Bonchev–Trinajstić information content (AvgIpc) is 3.09. The number of aliphatic hydroxyl groups is 1. The fourth-order valence-corrected chi connectivity index (χ4v) is 3.72. The Hall–Kier alpha value is -4.39. The fourth-order valence-electron chi connectivity index (χ4n) is 3.72. The van der Waals surface area contributed by atoms with E-state index in [4.69, 9.17) is 9.84 Å². The maximum atomic E-state index is 13.1. The van der Waals surface area contributed by atoms with Crippen LogP contribution >= 0.6 is 0 Å². The van der Waals surface area contributed by atoms with Crippen molar-refractivity contribution in [3.8, 4) is 5.75 Å². The highest BCUT2D eigenvalue weighted by molar-refractivity contribution is 6.51. The molecule has 1 saturated heterocycles. The van der Waals surface area contributed by atoms with Gasteiger partial charge in [0.1, 0.15) is 11.5 Å². The van der Waals surface area contributed by atoms with E-state index >= 15 is 0 Å². The largest absolute Gasteiger partial charge is 0.507 e. The number of carboxylic acids is 1. The molecule has 1 atom stereocenters. The smallest absolute Gasteiger partial charge is 0.335 e. The molecule has 1 fully saturated rings. The van der Waals surface area contributed by atoms with Gasteiger partial charge < -0.3 is 14.9 Å². The SMILES string of the molecule is COc1ccc([C@@H]2C(=C(O)c3ccccc3)C(=O)C(=O)N2c2ccc(C(=O)O)cc2)cc1. The number of ether oxygens (including phenoxy) is 1. The van der Waals surface area contributed by atoms with Gasteiger partial charge in [-0.3, -0.25) is 14.5 Å². The monoisotopic (exact) mass is 429 g/mol. The van der Waals surface area contributed by atoms with Crippen molar-refractivity contribution in [2.45, 2.75) is 6.04 Å². The predicted molar refractivity (Wildman–Crippen MR) is 118 cm³/mol. The highest BCUT2D eigenvalue weighted by Gasteiger charge is 2.47. The number of ketones is 1. The molecule has 3 aromatic carbocycles. The van der Waals surface area contributed by atoms with Gasteiger partial charge in [-0.15, -0.1) is 0 Å². The second-order valence-electron chi connectivity index (χ2n) is 7.16. The molecular formula is C25H19NO6. The third-order valence-corrected chi connectivity index (χ3v) is 5.32. The summed E-state index contributed by atoms with van der Waals surface area (Å²) in [7, 11) is 1.53. The molecule has 0 radical (unpaired) electrons. The number of hydrogen-bond acceptors (Lipinski definition) is 5. The van der Waals surface area contributed by atoms with E-state index < -0.39 is 23.7 Å². The third-order valence-electron chi connectivity index (χ3n) is 5.32. The van der Waals surface area contributed by atoms with Crippen molar-refractivity contribution in [1.82, 2.24) is 0 Å². The van der Waals surface area contributed by atoms with E-state index in [9.17, 15) is 19.5 Å². The van der Waals surface area contributed by atoms with Crippen molar-refractivity contribution in [2.75, 3.05) is 12.0 Å². The first-order valence-corrected chi connectivity index (χ1v) is 9.76. The number of benzene rings is 3. The Morgan fingerprint density at radius 3 is 2.03 bits per heavy atom. The summed E-state index contributed by atoms with van der Waals surface area (Å²) >= 11 is 0. The summed E-state index contributed by atoms with van der Waals surface area (Å²) in [6.07, 6.45) is 0. The molecule has 0 aromatic heterocycles. The van der Waals surface area contributed by atoms with Crippen LogP contribution in [0.15, 0.2) is 84.4 Å². The minimum absolute atomic E-state index is 0.0475. The molecule has 160 valence electrons. The van der Waals surface area contributed by atoms with Gasteiger partial charge in [0.25, 0.3) is 11.7 Å². The molecule has 7 heteroatoms. The lowest BCUT2D eigenvalue weighted by Gasteiger charge is -2.25. The first-order chi connectivity index (χ1) is 15.4. The minimum Gasteiger partial charge on any atom is -0.507 e. The molecule has 0 saturated carbocycles. The molecule has 1 amide bonds. The molecule has 3 aromatic rings. The highest BCUT2D eigenvalue weighted by Crippen LogP contribution is 2.42. The fraction of sp³-hybridized carbons (Fsp3) is 0.0800. The molecule has 1 heterocycles. The molecule has 2 N–H and O–H groups in total. The second kappa shape index (κ2) is 8.39. The van der Waals surface area contributed by atoms with Crippen LogP contribution in [0.3, 0.4) is 0 Å². The predicted octanol–water partition coefficient (Wildman–Crippen LogP) is 4.02. The van der Waals surface area contributed by atoms with Crippen LogP contribution in [0.2, 0.25) is 0 Å². The van der Waals surface area contributed by atoms with Gasteiger partial charge in [0.15, 0.2) is 0 Å². The van der Waals surface area contributed by atoms with Crippen LogP contribution in [0, 0.1) is 0 Å². The van der Waals surface area contributed by atoms with Crippen LogP contribution in [0.4, 0.5) is 5.69 Å². The van der Waals surface area contributed by atoms with Gasteiger partial charge in [-0.1, -0.05) is 42.5 Å². The Morgan fingerprint density at radius 1 is 0.844 bits per heavy atom. The van der Waals surface area contributed by atoms with Gasteiger partial charge in [0.05, 0.1) is 24.3 Å². The summed E-state index contributed by atoms with van der Waals surface area (Å²) in [4.78, 5) is 38.6. The quantitative estimate of drug-likeness (QED) is 0.361. The van der Waals surface area contributed by atoms with Gasteiger partial charge in [-0.25, -0.2) is 4.79 Å². The first-order valence-electron chi connectivity index (χ1n) is 9.76. The number of rotatable bonds is 5. The van der Waals surface area contributed by atoms with Crippen LogP contribution < -0.4 is 9.64 Å². The zero-order chi connectivity index (χ0) is 22.8. The number of carboxylic acid groups (broad SMARTS) is 1. The number of hydrogen-bond donors (Lipinski definition) is 2. The zero-order valence-corrected chi connectivity index (χ0v) is 17.1. The van der Waals surface area contributed by atoms with E-state index in [1.807, 2.05) is 0 Å². The Balaban J connectivity index is 1.90. The summed E-state index contributed by atoms with van der Waals surface area (Å²) in [6.45, 7) is 0. The van der Waals surface area contributed by atoms with E-state index in [0.29, 0.717) is 22.6 Å². The summed E-state index contributed by atoms with van der Waals surface area (Å²) in [5, 5.41) is 20.2. The van der Waals surface area contributed by atoms with Crippen LogP contribution in [0.25, 0.3) is 5.76 Å². The summed E-state index contributed by atoms with van der Waals surface area (Å²) < 4.78 is 5.20. The molecule has 1 aliphatic heterocycles. The number of carbonyl (C=O) groups is 3. The average molecular weight is 429 g/mol. The number of aliphatic hydroxyl groups excluding tert-OH is 1. The lowest BCUT2D eigenvalue weighted by molar-refractivity contribution is -0.132. The normalized spacial score (nSPS) is 17.4. The Kier molecular flexibility index (Phi) is 5.47. The first kappa shape index (κ1) is 20.9. The molecule has 4 rings (SSSR count). The number of methoxy groups -OCH3 is 1. The number of amides is 1. The van der Waals surface area contributed by atoms with Crippen LogP contribution in [0.1, 0.15) is 27.5 Å². The summed E-state index contributed by atoms with van der Waals surface area (Å²) in [5.74, 6) is -2.43. The van der Waals surface area contributed by atoms with Crippen molar-refractivity contribution in [3.05, 3.63) is 101 Å². The topological polar surface area (TPSA) is 104 Å². The van der Waals surface area contributed by atoms with Crippen molar-refractivity contribution in [3.63, 3.8) is 0 Å². The van der Waals surface area contributed by atoms with Gasteiger partial charge in [0, 0.05) is 11.3 Å². The Bertz CT molecular complexity index is 1210. The second-order valence-corrected chi connectivity index (χ2v) is 7.16. The lowest BCUT2D eigenvalue weighted by atomic mass is 9.95. The van der Waals surface area contributed by atoms with E-state index in [1.165, 1.54) is 36.3 Å². The van der Waals surface area contributed by atoms with Crippen LogP contribution in [0.5, 0.6) is 5.75 Å². The van der Waals surface area contributed by atoms with E-state index in [0.717, 1.165) is 0 Å². The Labute approximate surface area is 183 Å². The van der Waals surface area contributed by atoms with Gasteiger partial charge in [0.2, 0.25) is 0 Å². The summed E-state index contributed by atoms with van der Waals surface area (Å²) in [5.41, 5.74) is 1.34. The molecule has 0 unspecified atom stereocenters. The van der Waals surface area contributed by atoms with Crippen molar-refractivity contribution in [1.29, 1.82) is 0 Å². The highest BCUT2D eigenvalue weighted by atomic mass is 16.5. The Morgan fingerprint density at radius 2 is 1.47 bits per heavy atom. The van der Waals surface area contributed by atoms with E-state index in [2.05, 4.69) is 0 Å². The van der Waals surface area contributed by atoms with Crippen molar-refractivity contribution >= 4 is 29.1 Å². The van der Waals surface area contributed by atoms with Crippen molar-refractivity contribution in [2.24, 2.45) is 0 Å². The molecule has 0 bridgehead atoms. The molecule has 0 aliphatic carbocycles. The number of carbonyl (C=O) groups excluding carboxylic acids is 2. The number of Topliss-reactive ketones (excluding diaryl/α,β-unsaturated/α-hetero) is 1. The lowest BCUT2D eigenvalue weighted by Crippen LogP contribution is -2.29. The summed E-state index contributed by atoms with van der Waals surface area (Å²) in [6, 6.07) is 20.1. The van der Waals surface area contributed by atoms with Crippen molar-refractivity contribution < 1.29 is 29.3 Å². The van der Waals surface area contributed by atoms with Gasteiger partial charge in [-0.05, 0) is 42.0 Å². The van der Waals surface area contributed by atoms with Gasteiger partial charge in [-0.2, -0.15) is 0 Å². The maximum Gasteiger partial charge on any atom is 0.335 e. The number of anilines is 1. The standard InChI is InChI=1S/C25H19NO6/c1-32-19-13-9-15(10-14-19)21-20(22(27)16-5-3-2-4-6-16)23(28)24(29)26(21)18-11-7-17(8-12-18)25(30)31/h2-14,21,27H,1H3,(H,30,31)/t21-/m1/s1. The molecule has 0 spiro atoms. The van der Waals surface area contributed by atoms with E-state index in [-0.39, 0.29) is 16.9 Å². The van der Waals surface area contributed by atoms with Gasteiger partial charge >= 0.3 is 5.97 Å². The van der Waals surface area contributed by atoms with Crippen LogP contribution in [-0.4, -0.2) is 35.0 Å². The molecule has 32 heavy (non-hydrogen) atoms. The van der Waals surface area contributed by atoms with Crippen LogP contribution in [-0.2, 0) is 9.59 Å².